The number of aliphatic hydroxyl groups is 1. The van der Waals surface area contributed by atoms with Crippen LogP contribution in [0.5, 0.6) is 0 Å². The van der Waals surface area contributed by atoms with Gasteiger partial charge in [0, 0.05) is 19.3 Å². The molecule has 118 valence electrons. The zero-order chi connectivity index (χ0) is 15.8. The monoisotopic (exact) mass is 312 g/mol. The van der Waals surface area contributed by atoms with E-state index in [0.29, 0.717) is 18.5 Å². The van der Waals surface area contributed by atoms with Crippen LogP contribution in [-0.4, -0.2) is 37.0 Å². The predicted octanol–water partition coefficient (Wildman–Crippen LogP) is 1.81. The normalized spacial score (nSPS) is 18.3. The summed E-state index contributed by atoms with van der Waals surface area (Å²) in [4.78, 5) is 0.187. The summed E-state index contributed by atoms with van der Waals surface area (Å²) in [6, 6.07) is 3.13. The van der Waals surface area contributed by atoms with E-state index in [1.165, 1.54) is 17.4 Å². The molecule has 3 N–H and O–H groups in total. The molecule has 0 aliphatic heterocycles. The number of likely N-dealkylation sites (N-methyl/N-ethyl adjacent to an activating group) is 1. The molecule has 0 aromatic heterocycles. The zero-order valence-corrected chi connectivity index (χ0v) is 13.7. The average molecular weight is 312 g/mol. The molecule has 1 aromatic carbocycles. The van der Waals surface area contributed by atoms with Gasteiger partial charge < -0.3 is 10.8 Å². The minimum absolute atomic E-state index is 0.127. The number of nitrogens with zero attached hydrogens (tertiary/aromatic N) is 1. The van der Waals surface area contributed by atoms with Gasteiger partial charge in [-0.1, -0.05) is 12.8 Å². The summed E-state index contributed by atoms with van der Waals surface area (Å²) in [7, 11) is -2.12. The quantitative estimate of drug-likeness (QED) is 0.831. The Morgan fingerprint density at radius 1 is 1.29 bits per heavy atom. The molecule has 0 amide bonds. The molecular formula is C15H24N2O3S. The molecule has 1 aliphatic rings. The summed E-state index contributed by atoms with van der Waals surface area (Å²) in [6.07, 6.45) is 3.20. The highest BCUT2D eigenvalue weighted by Gasteiger charge is 2.35. The molecule has 0 radical (unpaired) electrons. The Balaban J connectivity index is 2.29. The van der Waals surface area contributed by atoms with Gasteiger partial charge in [-0.15, -0.1) is 0 Å². The maximum atomic E-state index is 12.6. The number of aryl methyl sites for hydroxylation is 1. The molecule has 1 saturated carbocycles. The first-order valence-electron chi connectivity index (χ1n) is 7.21. The molecule has 5 nitrogen and oxygen atoms in total. The van der Waals surface area contributed by atoms with Gasteiger partial charge >= 0.3 is 0 Å². The van der Waals surface area contributed by atoms with Crippen molar-refractivity contribution < 1.29 is 13.5 Å². The number of hydrogen-bond donors (Lipinski definition) is 2. The number of hydrogen-bond acceptors (Lipinski definition) is 4. The smallest absolute Gasteiger partial charge is 0.242 e. The molecule has 0 bridgehead atoms. The van der Waals surface area contributed by atoms with Gasteiger partial charge in [0.2, 0.25) is 10.0 Å². The van der Waals surface area contributed by atoms with E-state index in [2.05, 4.69) is 0 Å². The molecule has 21 heavy (non-hydrogen) atoms. The van der Waals surface area contributed by atoms with Crippen molar-refractivity contribution in [3.05, 3.63) is 23.3 Å². The van der Waals surface area contributed by atoms with Crippen LogP contribution in [0.2, 0.25) is 0 Å². The first kappa shape index (κ1) is 16.3. The lowest BCUT2D eigenvalue weighted by Gasteiger charge is -2.28. The average Bonchev–Trinajstić information content (AvgIpc) is 2.81. The Morgan fingerprint density at radius 2 is 1.86 bits per heavy atom. The molecule has 0 spiro atoms. The van der Waals surface area contributed by atoms with Crippen LogP contribution >= 0.6 is 0 Å². The van der Waals surface area contributed by atoms with Crippen molar-refractivity contribution in [1.82, 2.24) is 4.31 Å². The summed E-state index contributed by atoms with van der Waals surface area (Å²) in [6.45, 7) is 3.84. The molecular weight excluding hydrogens is 288 g/mol. The topological polar surface area (TPSA) is 83.6 Å². The number of anilines is 1. The van der Waals surface area contributed by atoms with Crippen LogP contribution in [0, 0.1) is 13.8 Å². The van der Waals surface area contributed by atoms with Gasteiger partial charge in [0.05, 0.1) is 10.5 Å². The largest absolute Gasteiger partial charge is 0.398 e. The van der Waals surface area contributed by atoms with E-state index >= 15 is 0 Å². The second-order valence-corrected chi connectivity index (χ2v) is 8.19. The summed E-state index contributed by atoms with van der Waals surface area (Å²) in [5, 5.41) is 10.4. The van der Waals surface area contributed by atoms with Gasteiger partial charge in [0.25, 0.3) is 0 Å². The van der Waals surface area contributed by atoms with E-state index in [1.807, 2.05) is 13.8 Å². The van der Waals surface area contributed by atoms with E-state index in [0.717, 1.165) is 24.0 Å². The van der Waals surface area contributed by atoms with E-state index in [-0.39, 0.29) is 11.4 Å². The van der Waals surface area contributed by atoms with Crippen molar-refractivity contribution in [3.63, 3.8) is 0 Å². The number of rotatable bonds is 4. The predicted molar refractivity (Wildman–Crippen MR) is 83.6 cm³/mol. The standard InChI is InChI=1S/C15H24N2O3S/c1-11-8-13(9-14(16)12(11)2)21(19,20)17(3)10-15(18)6-4-5-7-15/h8-9,18H,4-7,10,16H2,1-3H3. The van der Waals surface area contributed by atoms with Crippen LogP contribution in [0.1, 0.15) is 36.8 Å². The highest BCUT2D eigenvalue weighted by molar-refractivity contribution is 7.89. The highest BCUT2D eigenvalue weighted by Crippen LogP contribution is 2.32. The molecule has 1 aromatic rings. The lowest BCUT2D eigenvalue weighted by atomic mass is 10.0. The van der Waals surface area contributed by atoms with Crippen LogP contribution in [0.25, 0.3) is 0 Å². The fourth-order valence-electron chi connectivity index (χ4n) is 2.87. The summed E-state index contributed by atoms with van der Waals surface area (Å²) >= 11 is 0. The Kier molecular flexibility index (Phi) is 4.33. The highest BCUT2D eigenvalue weighted by atomic mass is 32.2. The SMILES string of the molecule is Cc1cc(S(=O)(=O)N(C)CC2(O)CCCC2)cc(N)c1C. The van der Waals surface area contributed by atoms with Gasteiger partial charge in [-0.25, -0.2) is 8.42 Å². The second kappa shape index (κ2) is 5.59. The minimum Gasteiger partial charge on any atom is -0.398 e. The lowest BCUT2D eigenvalue weighted by molar-refractivity contribution is 0.0333. The molecule has 0 unspecified atom stereocenters. The van der Waals surface area contributed by atoms with Crippen LogP contribution in [0.3, 0.4) is 0 Å². The van der Waals surface area contributed by atoms with Crippen LogP contribution in [-0.2, 0) is 10.0 Å². The minimum atomic E-state index is -3.63. The van der Waals surface area contributed by atoms with Crippen molar-refractivity contribution in [1.29, 1.82) is 0 Å². The molecule has 1 fully saturated rings. The van der Waals surface area contributed by atoms with Crippen LogP contribution in [0.4, 0.5) is 5.69 Å². The third-order valence-corrected chi connectivity index (χ3v) is 6.22. The molecule has 6 heteroatoms. The molecule has 0 saturated heterocycles. The first-order valence-corrected chi connectivity index (χ1v) is 8.65. The van der Waals surface area contributed by atoms with Crippen molar-refractivity contribution in [3.8, 4) is 0 Å². The Morgan fingerprint density at radius 3 is 2.38 bits per heavy atom. The maximum absolute atomic E-state index is 12.6. The van der Waals surface area contributed by atoms with Crippen LogP contribution in [0.15, 0.2) is 17.0 Å². The van der Waals surface area contributed by atoms with Crippen molar-refractivity contribution in [2.24, 2.45) is 0 Å². The fourth-order valence-corrected chi connectivity index (χ4v) is 4.24. The first-order chi connectivity index (χ1) is 9.66. The summed E-state index contributed by atoms with van der Waals surface area (Å²) in [5.41, 5.74) is 7.20. The van der Waals surface area contributed by atoms with Gasteiger partial charge in [-0.05, 0) is 49.9 Å². The van der Waals surface area contributed by atoms with Gasteiger partial charge in [-0.2, -0.15) is 4.31 Å². The van der Waals surface area contributed by atoms with Crippen molar-refractivity contribution in [2.75, 3.05) is 19.3 Å². The number of sulfonamides is 1. The Hall–Kier alpha value is -1.11. The second-order valence-electron chi connectivity index (χ2n) is 6.15. The molecule has 0 atom stereocenters. The molecule has 1 aliphatic carbocycles. The third-order valence-electron chi connectivity index (χ3n) is 4.44. The van der Waals surface area contributed by atoms with Crippen LogP contribution < -0.4 is 5.73 Å². The fraction of sp³-hybridized carbons (Fsp3) is 0.600. The van der Waals surface area contributed by atoms with E-state index in [1.54, 1.807) is 6.07 Å². The Labute approximate surface area is 126 Å². The molecule has 0 heterocycles. The maximum Gasteiger partial charge on any atom is 0.242 e. The summed E-state index contributed by atoms with van der Waals surface area (Å²) < 4.78 is 26.5. The van der Waals surface area contributed by atoms with E-state index < -0.39 is 15.6 Å². The van der Waals surface area contributed by atoms with Crippen molar-refractivity contribution >= 4 is 15.7 Å². The number of nitrogen functional groups attached to an aromatic ring is 1. The third kappa shape index (κ3) is 3.22. The van der Waals surface area contributed by atoms with Gasteiger partial charge in [-0.3, -0.25) is 0 Å². The lowest BCUT2D eigenvalue weighted by Crippen LogP contribution is -2.42. The van der Waals surface area contributed by atoms with Crippen molar-refractivity contribution in [2.45, 2.75) is 50.0 Å². The Bertz CT molecular complexity index is 611. The van der Waals surface area contributed by atoms with Gasteiger partial charge in [0.1, 0.15) is 0 Å². The van der Waals surface area contributed by atoms with E-state index in [4.69, 9.17) is 5.73 Å². The van der Waals surface area contributed by atoms with E-state index in [9.17, 15) is 13.5 Å². The zero-order valence-electron chi connectivity index (χ0n) is 12.9. The number of benzene rings is 1. The van der Waals surface area contributed by atoms with Gasteiger partial charge in [0.15, 0.2) is 0 Å². The molecule has 2 rings (SSSR count). The summed E-state index contributed by atoms with van der Waals surface area (Å²) in [5.74, 6) is 0. The number of nitrogens with two attached hydrogens (primary N) is 1.